The van der Waals surface area contributed by atoms with Gasteiger partial charge >= 0.3 is 0 Å². The molecule has 0 saturated heterocycles. The van der Waals surface area contributed by atoms with Gasteiger partial charge in [0, 0.05) is 18.2 Å². The van der Waals surface area contributed by atoms with E-state index >= 15 is 0 Å². The molecular weight excluding hydrogens is 280 g/mol. The fourth-order valence-corrected chi connectivity index (χ4v) is 1.86. The Morgan fingerprint density at radius 2 is 1.82 bits per heavy atom. The third-order valence-corrected chi connectivity index (χ3v) is 3.44. The van der Waals surface area contributed by atoms with E-state index in [0.717, 1.165) is 12.0 Å². The molecule has 1 aromatic carbocycles. The number of nitrogens with one attached hydrogen (secondary N) is 2. The Balaban J connectivity index is 1.89. The van der Waals surface area contributed by atoms with E-state index in [1.165, 1.54) is 12.5 Å². The zero-order chi connectivity index (χ0) is 15.9. The molecule has 0 aliphatic rings. The van der Waals surface area contributed by atoms with Crippen LogP contribution in [0.4, 0.5) is 0 Å². The number of amides is 2. The first kappa shape index (κ1) is 15.8. The van der Waals surface area contributed by atoms with Gasteiger partial charge in [-0.3, -0.25) is 9.59 Å². The third-order valence-electron chi connectivity index (χ3n) is 3.44. The van der Waals surface area contributed by atoms with Crippen LogP contribution in [0.15, 0.2) is 47.3 Å². The molecule has 22 heavy (non-hydrogen) atoms. The van der Waals surface area contributed by atoms with Crippen LogP contribution in [0.5, 0.6) is 0 Å². The highest BCUT2D eigenvalue weighted by molar-refractivity contribution is 5.94. The average Bonchev–Trinajstić information content (AvgIpc) is 3.07. The topological polar surface area (TPSA) is 71.3 Å². The van der Waals surface area contributed by atoms with Crippen LogP contribution in [-0.4, -0.2) is 17.9 Å². The summed E-state index contributed by atoms with van der Waals surface area (Å²) < 4.78 is 4.87. The van der Waals surface area contributed by atoms with Crippen molar-refractivity contribution in [3.05, 3.63) is 59.5 Å². The highest BCUT2D eigenvalue weighted by atomic mass is 16.3. The zero-order valence-electron chi connectivity index (χ0n) is 12.8. The molecule has 2 amide bonds. The number of hydrogen-bond donors (Lipinski definition) is 2. The minimum absolute atomic E-state index is 0.0802. The molecule has 0 aliphatic heterocycles. The number of rotatable bonds is 6. The van der Waals surface area contributed by atoms with E-state index in [2.05, 4.69) is 10.6 Å². The van der Waals surface area contributed by atoms with Gasteiger partial charge in [-0.05, 0) is 37.1 Å². The molecule has 1 unspecified atom stereocenters. The molecule has 2 rings (SSSR count). The lowest BCUT2D eigenvalue weighted by atomic mass is 10.1. The van der Waals surface area contributed by atoms with Crippen molar-refractivity contribution >= 4 is 11.8 Å². The second-order valence-electron chi connectivity index (χ2n) is 5.17. The largest absolute Gasteiger partial charge is 0.472 e. The predicted molar refractivity (Wildman–Crippen MR) is 83.5 cm³/mol. The van der Waals surface area contributed by atoms with Crippen LogP contribution in [0.25, 0.3) is 0 Å². The Kier molecular flexibility index (Phi) is 5.36. The summed E-state index contributed by atoms with van der Waals surface area (Å²) in [5.41, 5.74) is 2.03. The minimum atomic E-state index is -0.188. The second kappa shape index (κ2) is 7.45. The first-order chi connectivity index (χ1) is 10.6. The van der Waals surface area contributed by atoms with Crippen LogP contribution in [0.1, 0.15) is 46.5 Å². The smallest absolute Gasteiger partial charge is 0.254 e. The number of hydrogen-bond acceptors (Lipinski definition) is 3. The molecule has 2 aromatic rings. The van der Waals surface area contributed by atoms with Gasteiger partial charge in [0.1, 0.15) is 6.26 Å². The van der Waals surface area contributed by atoms with Gasteiger partial charge in [-0.2, -0.15) is 0 Å². The lowest BCUT2D eigenvalue weighted by molar-refractivity contribution is 0.0934. The van der Waals surface area contributed by atoms with Crippen LogP contribution in [0.2, 0.25) is 0 Å². The minimum Gasteiger partial charge on any atom is -0.472 e. The lowest BCUT2D eigenvalue weighted by Crippen LogP contribution is -2.31. The Labute approximate surface area is 129 Å². The monoisotopic (exact) mass is 300 g/mol. The van der Waals surface area contributed by atoms with Crippen molar-refractivity contribution in [1.82, 2.24) is 10.6 Å². The summed E-state index contributed by atoms with van der Waals surface area (Å²) in [6.07, 6.45) is 3.75. The maximum Gasteiger partial charge on any atom is 0.254 e. The molecule has 0 spiro atoms. The van der Waals surface area contributed by atoms with Crippen molar-refractivity contribution in [2.75, 3.05) is 0 Å². The Morgan fingerprint density at radius 3 is 2.41 bits per heavy atom. The molecule has 0 radical (unpaired) electrons. The fraction of sp³-hybridized carbons (Fsp3) is 0.294. The van der Waals surface area contributed by atoms with Gasteiger partial charge in [0.2, 0.25) is 0 Å². The van der Waals surface area contributed by atoms with Crippen LogP contribution in [0.3, 0.4) is 0 Å². The van der Waals surface area contributed by atoms with Crippen molar-refractivity contribution in [3.63, 3.8) is 0 Å². The summed E-state index contributed by atoms with van der Waals surface area (Å²) in [5.74, 6) is -0.268. The number of carbonyl (C=O) groups excluding carboxylic acids is 2. The molecule has 5 nitrogen and oxygen atoms in total. The second-order valence-corrected chi connectivity index (χ2v) is 5.17. The Bertz CT molecular complexity index is 618. The molecule has 0 bridgehead atoms. The first-order valence-electron chi connectivity index (χ1n) is 7.30. The summed E-state index contributed by atoms with van der Waals surface area (Å²) in [7, 11) is 0. The predicted octanol–water partition coefficient (Wildman–Crippen LogP) is 2.74. The molecule has 5 heteroatoms. The summed E-state index contributed by atoms with van der Waals surface area (Å²) in [5, 5.41) is 5.71. The SMILES string of the molecule is CCC(C)NC(=O)c1ccc(CNC(=O)c2ccoc2)cc1. The van der Waals surface area contributed by atoms with Gasteiger partial charge in [-0.1, -0.05) is 19.1 Å². The van der Waals surface area contributed by atoms with Crippen LogP contribution in [0, 0.1) is 0 Å². The van der Waals surface area contributed by atoms with Gasteiger partial charge < -0.3 is 15.1 Å². The molecule has 0 aliphatic carbocycles. The average molecular weight is 300 g/mol. The van der Waals surface area contributed by atoms with Gasteiger partial charge in [0.25, 0.3) is 11.8 Å². The molecule has 0 fully saturated rings. The van der Waals surface area contributed by atoms with E-state index < -0.39 is 0 Å². The van der Waals surface area contributed by atoms with Crippen molar-refractivity contribution in [1.29, 1.82) is 0 Å². The number of carbonyl (C=O) groups is 2. The van der Waals surface area contributed by atoms with E-state index in [4.69, 9.17) is 4.42 Å². The molecule has 116 valence electrons. The summed E-state index contributed by atoms with van der Waals surface area (Å²) in [6.45, 7) is 4.39. The normalized spacial score (nSPS) is 11.7. The van der Waals surface area contributed by atoms with Crippen LogP contribution >= 0.6 is 0 Å². The highest BCUT2D eigenvalue weighted by Crippen LogP contribution is 2.06. The third kappa shape index (κ3) is 4.22. The van der Waals surface area contributed by atoms with Crippen molar-refractivity contribution in [3.8, 4) is 0 Å². The lowest BCUT2D eigenvalue weighted by Gasteiger charge is -2.11. The molecule has 1 aromatic heterocycles. The van der Waals surface area contributed by atoms with Gasteiger partial charge in [0.05, 0.1) is 11.8 Å². The van der Waals surface area contributed by atoms with Gasteiger partial charge in [-0.15, -0.1) is 0 Å². The summed E-state index contributed by atoms with van der Waals surface area (Å²) in [4.78, 5) is 23.7. The van der Waals surface area contributed by atoms with E-state index in [0.29, 0.717) is 17.7 Å². The van der Waals surface area contributed by atoms with E-state index in [9.17, 15) is 9.59 Å². The van der Waals surface area contributed by atoms with Crippen molar-refractivity contribution in [2.24, 2.45) is 0 Å². The maximum absolute atomic E-state index is 12.0. The molecule has 1 heterocycles. The summed E-state index contributed by atoms with van der Waals surface area (Å²) in [6, 6.07) is 8.95. The highest BCUT2D eigenvalue weighted by Gasteiger charge is 2.09. The van der Waals surface area contributed by atoms with Gasteiger partial charge in [-0.25, -0.2) is 0 Å². The standard InChI is InChI=1S/C17H20N2O3/c1-3-12(2)19-17(21)14-6-4-13(5-7-14)10-18-16(20)15-8-9-22-11-15/h4-9,11-12H,3,10H2,1-2H3,(H,18,20)(H,19,21). The number of furan rings is 1. The molecule has 1 atom stereocenters. The van der Waals surface area contributed by atoms with Gasteiger partial charge in [0.15, 0.2) is 0 Å². The van der Waals surface area contributed by atoms with E-state index in [1.54, 1.807) is 18.2 Å². The Hall–Kier alpha value is -2.56. The molecule has 0 saturated carbocycles. The van der Waals surface area contributed by atoms with Crippen molar-refractivity contribution in [2.45, 2.75) is 32.9 Å². The summed E-state index contributed by atoms with van der Waals surface area (Å²) >= 11 is 0. The molecular formula is C17H20N2O3. The number of benzene rings is 1. The maximum atomic E-state index is 12.0. The van der Waals surface area contributed by atoms with Crippen LogP contribution in [-0.2, 0) is 6.54 Å². The van der Waals surface area contributed by atoms with Crippen LogP contribution < -0.4 is 10.6 Å². The van der Waals surface area contributed by atoms with E-state index in [-0.39, 0.29) is 17.9 Å². The first-order valence-corrected chi connectivity index (χ1v) is 7.30. The Morgan fingerprint density at radius 1 is 1.09 bits per heavy atom. The van der Waals surface area contributed by atoms with E-state index in [1.807, 2.05) is 26.0 Å². The van der Waals surface area contributed by atoms with Crippen molar-refractivity contribution < 1.29 is 14.0 Å². The molecule has 2 N–H and O–H groups in total. The quantitative estimate of drug-likeness (QED) is 0.861. The fourth-order valence-electron chi connectivity index (χ4n) is 1.86. The zero-order valence-corrected chi connectivity index (χ0v) is 12.8.